The highest BCUT2D eigenvalue weighted by molar-refractivity contribution is 8.13. The highest BCUT2D eigenvalue weighted by Crippen LogP contribution is 2.32. The summed E-state index contributed by atoms with van der Waals surface area (Å²) in [7, 11) is 0. The Bertz CT molecular complexity index is 248. The number of nitrogens with one attached hydrogen (secondary N) is 1. The highest BCUT2D eigenvalue weighted by Gasteiger charge is 2.27. The van der Waals surface area contributed by atoms with Crippen molar-refractivity contribution in [1.82, 2.24) is 5.32 Å². The maximum atomic E-state index is 4.68. The average Bonchev–Trinajstić information content (AvgIpc) is 3.02. The molecule has 0 aromatic carbocycles. The molecule has 1 saturated heterocycles. The van der Waals surface area contributed by atoms with E-state index in [2.05, 4.69) is 24.2 Å². The number of hydrogen-bond acceptors (Lipinski definition) is 2. The Morgan fingerprint density at radius 3 is 3.00 bits per heavy atom. The quantitative estimate of drug-likeness (QED) is 0.797. The van der Waals surface area contributed by atoms with Crippen molar-refractivity contribution in [2.75, 3.05) is 12.3 Å². The zero-order valence-electron chi connectivity index (χ0n) is 9.88. The van der Waals surface area contributed by atoms with Crippen LogP contribution in [-0.2, 0) is 0 Å². The van der Waals surface area contributed by atoms with E-state index in [9.17, 15) is 0 Å². The molecule has 0 radical (unpaired) electrons. The van der Waals surface area contributed by atoms with Gasteiger partial charge in [0.25, 0.3) is 0 Å². The molecule has 2 aliphatic rings. The number of rotatable bonds is 4. The van der Waals surface area contributed by atoms with E-state index in [1.807, 2.05) is 11.8 Å². The van der Waals surface area contributed by atoms with Crippen LogP contribution in [-0.4, -0.2) is 23.0 Å². The number of amidine groups is 1. The van der Waals surface area contributed by atoms with Crippen molar-refractivity contribution < 1.29 is 0 Å². The Morgan fingerprint density at radius 1 is 1.53 bits per heavy atom. The maximum absolute atomic E-state index is 4.68. The molecule has 1 N–H and O–H groups in total. The van der Waals surface area contributed by atoms with Crippen molar-refractivity contribution in [1.29, 1.82) is 0 Å². The molecule has 1 heterocycles. The summed E-state index contributed by atoms with van der Waals surface area (Å²) in [5.74, 6) is 2.22. The molecule has 2 rings (SSSR count). The lowest BCUT2D eigenvalue weighted by Gasteiger charge is -2.35. The van der Waals surface area contributed by atoms with Gasteiger partial charge in [0.1, 0.15) is 0 Å². The first-order valence-electron chi connectivity index (χ1n) is 6.17. The SMILES string of the molecule is CCC1(C)CCSC(=NCCC2CC2)N1. The molecular weight excluding hydrogens is 204 g/mol. The lowest BCUT2D eigenvalue weighted by atomic mass is 9.96. The minimum atomic E-state index is 0.295. The van der Waals surface area contributed by atoms with Crippen molar-refractivity contribution in [3.05, 3.63) is 0 Å². The Hall–Kier alpha value is -0.180. The van der Waals surface area contributed by atoms with Gasteiger partial charge in [0.2, 0.25) is 0 Å². The van der Waals surface area contributed by atoms with Gasteiger partial charge >= 0.3 is 0 Å². The van der Waals surface area contributed by atoms with Gasteiger partial charge in [-0.3, -0.25) is 4.99 Å². The van der Waals surface area contributed by atoms with Crippen molar-refractivity contribution in [2.24, 2.45) is 10.9 Å². The Balaban J connectivity index is 1.79. The average molecular weight is 226 g/mol. The van der Waals surface area contributed by atoms with E-state index < -0.39 is 0 Å². The molecule has 86 valence electrons. The van der Waals surface area contributed by atoms with Crippen LogP contribution in [0, 0.1) is 5.92 Å². The second-order valence-electron chi connectivity index (χ2n) is 5.06. The van der Waals surface area contributed by atoms with E-state index in [4.69, 9.17) is 0 Å². The molecule has 0 aromatic heterocycles. The van der Waals surface area contributed by atoms with Gasteiger partial charge in [-0.2, -0.15) is 0 Å². The third-order valence-electron chi connectivity index (χ3n) is 3.57. The molecule has 1 aliphatic heterocycles. The lowest BCUT2D eigenvalue weighted by molar-refractivity contribution is 0.390. The summed E-state index contributed by atoms with van der Waals surface area (Å²) in [6.45, 7) is 5.59. The fourth-order valence-electron chi connectivity index (χ4n) is 1.84. The first-order valence-corrected chi connectivity index (χ1v) is 7.16. The minimum Gasteiger partial charge on any atom is -0.360 e. The smallest absolute Gasteiger partial charge is 0.156 e. The molecule has 0 aromatic rings. The molecule has 15 heavy (non-hydrogen) atoms. The standard InChI is InChI=1S/C12H22N2S/c1-3-12(2)7-9-15-11(14-12)13-8-6-10-4-5-10/h10H,3-9H2,1-2H3,(H,13,14). The summed E-state index contributed by atoms with van der Waals surface area (Å²) in [5, 5.41) is 4.77. The van der Waals surface area contributed by atoms with Crippen LogP contribution in [0.5, 0.6) is 0 Å². The topological polar surface area (TPSA) is 24.4 Å². The molecule has 0 amide bonds. The van der Waals surface area contributed by atoms with Crippen LogP contribution in [0.25, 0.3) is 0 Å². The van der Waals surface area contributed by atoms with Gasteiger partial charge in [0.05, 0.1) is 0 Å². The third kappa shape index (κ3) is 3.40. The molecule has 2 nitrogen and oxygen atoms in total. The van der Waals surface area contributed by atoms with Crippen LogP contribution in [0.3, 0.4) is 0 Å². The largest absolute Gasteiger partial charge is 0.360 e. The lowest BCUT2D eigenvalue weighted by Crippen LogP contribution is -2.48. The van der Waals surface area contributed by atoms with Crippen molar-refractivity contribution in [3.8, 4) is 0 Å². The van der Waals surface area contributed by atoms with Gasteiger partial charge in [0, 0.05) is 17.8 Å². The summed E-state index contributed by atoms with van der Waals surface area (Å²) in [5.41, 5.74) is 0.295. The van der Waals surface area contributed by atoms with Gasteiger partial charge in [-0.15, -0.1) is 0 Å². The molecule has 0 spiro atoms. The second kappa shape index (κ2) is 4.77. The van der Waals surface area contributed by atoms with Crippen LogP contribution < -0.4 is 5.32 Å². The number of aliphatic imine (C=N–C) groups is 1. The fourth-order valence-corrected chi connectivity index (χ4v) is 3.08. The number of nitrogens with zero attached hydrogens (tertiary/aromatic N) is 1. The summed E-state index contributed by atoms with van der Waals surface area (Å²) < 4.78 is 0. The molecule has 0 bridgehead atoms. The van der Waals surface area contributed by atoms with Crippen LogP contribution in [0.2, 0.25) is 0 Å². The Morgan fingerprint density at radius 2 is 2.33 bits per heavy atom. The summed E-state index contributed by atoms with van der Waals surface area (Å²) in [6, 6.07) is 0. The maximum Gasteiger partial charge on any atom is 0.156 e. The zero-order chi connectivity index (χ0) is 10.7. The van der Waals surface area contributed by atoms with Gasteiger partial charge in [-0.1, -0.05) is 31.5 Å². The van der Waals surface area contributed by atoms with E-state index in [0.29, 0.717) is 5.54 Å². The molecule has 1 aliphatic carbocycles. The third-order valence-corrected chi connectivity index (χ3v) is 4.48. The van der Waals surface area contributed by atoms with Crippen molar-refractivity contribution >= 4 is 16.9 Å². The molecule has 1 saturated carbocycles. The van der Waals surface area contributed by atoms with Crippen LogP contribution in [0.15, 0.2) is 4.99 Å². The monoisotopic (exact) mass is 226 g/mol. The number of hydrogen-bond donors (Lipinski definition) is 1. The van der Waals surface area contributed by atoms with Crippen molar-refractivity contribution in [3.63, 3.8) is 0 Å². The first-order chi connectivity index (χ1) is 7.22. The molecule has 2 fully saturated rings. The molecule has 1 atom stereocenters. The normalized spacial score (nSPS) is 34.1. The van der Waals surface area contributed by atoms with Crippen LogP contribution in [0.4, 0.5) is 0 Å². The van der Waals surface area contributed by atoms with E-state index in [0.717, 1.165) is 12.5 Å². The predicted octanol–water partition coefficient (Wildman–Crippen LogP) is 3.04. The van der Waals surface area contributed by atoms with Gasteiger partial charge in [0.15, 0.2) is 5.17 Å². The van der Waals surface area contributed by atoms with E-state index in [-0.39, 0.29) is 0 Å². The van der Waals surface area contributed by atoms with E-state index >= 15 is 0 Å². The summed E-state index contributed by atoms with van der Waals surface area (Å²) in [4.78, 5) is 4.68. The predicted molar refractivity (Wildman–Crippen MR) is 68.5 cm³/mol. The summed E-state index contributed by atoms with van der Waals surface area (Å²) in [6.07, 6.45) is 6.63. The Kier molecular flexibility index (Phi) is 3.60. The fraction of sp³-hybridized carbons (Fsp3) is 0.917. The first kappa shape index (κ1) is 11.3. The number of thioether (sulfide) groups is 1. The molecular formula is C12H22N2S. The molecule has 1 unspecified atom stereocenters. The van der Waals surface area contributed by atoms with Crippen molar-refractivity contribution in [2.45, 2.75) is 51.5 Å². The van der Waals surface area contributed by atoms with Crippen LogP contribution >= 0.6 is 11.8 Å². The summed E-state index contributed by atoms with van der Waals surface area (Å²) >= 11 is 1.89. The van der Waals surface area contributed by atoms with Gasteiger partial charge in [-0.25, -0.2) is 0 Å². The Labute approximate surface area is 97.3 Å². The second-order valence-corrected chi connectivity index (χ2v) is 6.14. The molecule has 3 heteroatoms. The highest BCUT2D eigenvalue weighted by atomic mass is 32.2. The minimum absolute atomic E-state index is 0.295. The zero-order valence-corrected chi connectivity index (χ0v) is 10.7. The van der Waals surface area contributed by atoms with Crippen LogP contribution in [0.1, 0.15) is 46.0 Å². The van der Waals surface area contributed by atoms with E-state index in [1.165, 1.54) is 43.0 Å². The van der Waals surface area contributed by atoms with E-state index in [1.54, 1.807) is 0 Å². The van der Waals surface area contributed by atoms with Gasteiger partial charge in [-0.05, 0) is 32.1 Å². The van der Waals surface area contributed by atoms with Gasteiger partial charge < -0.3 is 5.32 Å².